The molecule has 5 N–H and O–H groups in total. The van der Waals surface area contributed by atoms with Crippen LogP contribution in [-0.2, 0) is 18.4 Å². The SMILES string of the molecule is CC/C=C\C/C=C\C/C=C\CCCCCCCCCC(=O)NC(COP(=O)(O)OCCN)C(O)/C=C/CC/C=C/CCCCCCCC. The highest BCUT2D eigenvalue weighted by molar-refractivity contribution is 7.47. The Labute approximate surface area is 294 Å². The van der Waals surface area contributed by atoms with Crippen molar-refractivity contribution in [3.63, 3.8) is 0 Å². The fraction of sp³-hybridized carbons (Fsp3) is 0.718. The summed E-state index contributed by atoms with van der Waals surface area (Å²) in [6, 6.07) is -0.882. The second-order valence-electron chi connectivity index (χ2n) is 12.4. The monoisotopic (exact) mass is 695 g/mol. The normalized spacial score (nSPS) is 15.0. The van der Waals surface area contributed by atoms with Gasteiger partial charge in [-0.2, -0.15) is 0 Å². The third kappa shape index (κ3) is 32.7. The molecule has 3 atom stereocenters. The van der Waals surface area contributed by atoms with Crippen LogP contribution in [-0.4, -0.2) is 47.8 Å². The van der Waals surface area contributed by atoms with Gasteiger partial charge in [-0.05, 0) is 64.2 Å². The maximum absolute atomic E-state index is 12.7. The number of allylic oxidation sites excluding steroid dienone is 9. The molecule has 9 heteroatoms. The topological polar surface area (TPSA) is 131 Å². The van der Waals surface area contributed by atoms with Gasteiger partial charge in [-0.25, -0.2) is 4.57 Å². The van der Waals surface area contributed by atoms with Crippen LogP contribution in [0, 0.1) is 0 Å². The van der Waals surface area contributed by atoms with Crippen LogP contribution < -0.4 is 11.1 Å². The van der Waals surface area contributed by atoms with E-state index in [0.29, 0.717) is 6.42 Å². The van der Waals surface area contributed by atoms with E-state index in [4.69, 9.17) is 14.8 Å². The van der Waals surface area contributed by atoms with E-state index >= 15 is 0 Å². The zero-order valence-electron chi connectivity index (χ0n) is 30.5. The van der Waals surface area contributed by atoms with Crippen molar-refractivity contribution in [2.45, 2.75) is 161 Å². The number of hydrogen-bond donors (Lipinski definition) is 4. The summed E-state index contributed by atoms with van der Waals surface area (Å²) < 4.78 is 22.0. The summed E-state index contributed by atoms with van der Waals surface area (Å²) in [4.78, 5) is 22.6. The summed E-state index contributed by atoms with van der Waals surface area (Å²) in [5.41, 5.74) is 5.35. The Kier molecular flexibility index (Phi) is 33.7. The van der Waals surface area contributed by atoms with Gasteiger partial charge in [0.1, 0.15) is 0 Å². The molecule has 0 aromatic carbocycles. The highest BCUT2D eigenvalue weighted by atomic mass is 31.2. The Balaban J connectivity index is 4.36. The molecule has 0 rings (SSSR count). The predicted octanol–water partition coefficient (Wildman–Crippen LogP) is 9.94. The van der Waals surface area contributed by atoms with Gasteiger partial charge in [-0.15, -0.1) is 0 Å². The molecule has 1 amide bonds. The van der Waals surface area contributed by atoms with Crippen LogP contribution in [0.25, 0.3) is 0 Å². The Bertz CT molecular complexity index is 933. The van der Waals surface area contributed by atoms with Crippen molar-refractivity contribution in [3.8, 4) is 0 Å². The second-order valence-corrected chi connectivity index (χ2v) is 13.8. The summed E-state index contributed by atoms with van der Waals surface area (Å²) in [6.45, 7) is 3.95. The number of phosphoric acid groups is 1. The minimum absolute atomic E-state index is 0.0694. The van der Waals surface area contributed by atoms with Crippen LogP contribution >= 0.6 is 7.82 Å². The Morgan fingerprint density at radius 3 is 1.85 bits per heavy atom. The van der Waals surface area contributed by atoms with Crippen molar-refractivity contribution in [3.05, 3.63) is 60.8 Å². The first-order valence-corrected chi connectivity index (χ1v) is 20.4. The van der Waals surface area contributed by atoms with E-state index in [1.54, 1.807) is 6.08 Å². The van der Waals surface area contributed by atoms with Crippen molar-refractivity contribution in [2.75, 3.05) is 19.8 Å². The molecule has 3 unspecified atom stereocenters. The van der Waals surface area contributed by atoms with Gasteiger partial charge in [0.2, 0.25) is 5.91 Å². The molecule has 0 aliphatic rings. The molecule has 278 valence electrons. The van der Waals surface area contributed by atoms with Crippen molar-refractivity contribution in [1.29, 1.82) is 0 Å². The molecular weight excluding hydrogens is 623 g/mol. The molecule has 0 aromatic rings. The molecule has 0 spiro atoms. The predicted molar refractivity (Wildman–Crippen MR) is 203 cm³/mol. The quantitative estimate of drug-likeness (QED) is 0.0300. The molecule has 0 saturated heterocycles. The lowest BCUT2D eigenvalue weighted by Crippen LogP contribution is -2.45. The lowest BCUT2D eigenvalue weighted by molar-refractivity contribution is -0.123. The number of aliphatic hydroxyl groups excluding tert-OH is 1. The third-order valence-electron chi connectivity index (χ3n) is 7.83. The van der Waals surface area contributed by atoms with Gasteiger partial charge in [-0.3, -0.25) is 13.8 Å². The summed E-state index contributed by atoms with van der Waals surface area (Å²) >= 11 is 0. The molecule has 0 heterocycles. The summed E-state index contributed by atoms with van der Waals surface area (Å²) in [5.74, 6) is -0.219. The molecule has 0 bridgehead atoms. The van der Waals surface area contributed by atoms with Crippen molar-refractivity contribution in [1.82, 2.24) is 5.32 Å². The largest absolute Gasteiger partial charge is 0.472 e. The lowest BCUT2D eigenvalue weighted by Gasteiger charge is -2.23. The Morgan fingerprint density at radius 1 is 0.708 bits per heavy atom. The highest BCUT2D eigenvalue weighted by Gasteiger charge is 2.26. The summed E-state index contributed by atoms with van der Waals surface area (Å²) in [6.07, 6.45) is 42.7. The average molecular weight is 695 g/mol. The minimum atomic E-state index is -4.34. The molecule has 8 nitrogen and oxygen atoms in total. The van der Waals surface area contributed by atoms with Crippen LogP contribution in [0.1, 0.15) is 149 Å². The molecule has 0 aliphatic carbocycles. The van der Waals surface area contributed by atoms with Crippen LogP contribution in [0.4, 0.5) is 0 Å². The minimum Gasteiger partial charge on any atom is -0.387 e. The number of hydrogen-bond acceptors (Lipinski definition) is 6. The number of carbonyl (C=O) groups excluding carboxylic acids is 1. The maximum Gasteiger partial charge on any atom is 0.472 e. The lowest BCUT2D eigenvalue weighted by atomic mass is 10.1. The Morgan fingerprint density at radius 2 is 1.23 bits per heavy atom. The number of amides is 1. The van der Waals surface area contributed by atoms with E-state index in [0.717, 1.165) is 70.6 Å². The van der Waals surface area contributed by atoms with Crippen molar-refractivity contribution >= 4 is 13.7 Å². The first kappa shape index (κ1) is 46.2. The summed E-state index contributed by atoms with van der Waals surface area (Å²) in [7, 11) is -4.34. The molecular formula is C39H71N2O6P. The zero-order valence-corrected chi connectivity index (χ0v) is 31.3. The number of aliphatic hydroxyl groups is 1. The number of carbonyl (C=O) groups is 1. The van der Waals surface area contributed by atoms with Crippen LogP contribution in [0.15, 0.2) is 60.8 Å². The van der Waals surface area contributed by atoms with Crippen LogP contribution in [0.3, 0.4) is 0 Å². The van der Waals surface area contributed by atoms with E-state index in [1.165, 1.54) is 57.8 Å². The molecule has 0 radical (unpaired) electrons. The Hall–Kier alpha value is -1.80. The number of nitrogens with one attached hydrogen (secondary N) is 1. The zero-order chi connectivity index (χ0) is 35.4. The third-order valence-corrected chi connectivity index (χ3v) is 8.81. The van der Waals surface area contributed by atoms with E-state index in [2.05, 4.69) is 67.8 Å². The van der Waals surface area contributed by atoms with Crippen LogP contribution in [0.2, 0.25) is 0 Å². The van der Waals surface area contributed by atoms with E-state index < -0.39 is 20.0 Å². The van der Waals surface area contributed by atoms with Crippen molar-refractivity contribution in [2.24, 2.45) is 5.73 Å². The first-order valence-electron chi connectivity index (χ1n) is 18.9. The van der Waals surface area contributed by atoms with Crippen LogP contribution in [0.5, 0.6) is 0 Å². The molecule has 0 aliphatic heterocycles. The van der Waals surface area contributed by atoms with Gasteiger partial charge >= 0.3 is 7.82 Å². The molecule has 0 fully saturated rings. The molecule has 0 aromatic heterocycles. The van der Waals surface area contributed by atoms with Gasteiger partial charge in [-0.1, -0.05) is 139 Å². The van der Waals surface area contributed by atoms with Gasteiger partial charge in [0, 0.05) is 13.0 Å². The van der Waals surface area contributed by atoms with Gasteiger partial charge in [0.15, 0.2) is 0 Å². The van der Waals surface area contributed by atoms with Gasteiger partial charge < -0.3 is 21.1 Å². The summed E-state index contributed by atoms with van der Waals surface area (Å²) in [5, 5.41) is 13.6. The maximum atomic E-state index is 12.7. The fourth-order valence-corrected chi connectivity index (χ4v) is 5.74. The number of unbranched alkanes of at least 4 members (excludes halogenated alkanes) is 14. The standard InChI is InChI=1S/C39H71N2O6P/c1-3-5-7-9-11-13-15-17-18-19-20-21-23-25-27-29-31-33-39(43)41-37(36-47-48(44,45)46-35-34-40)38(42)32-30-28-26-24-22-16-14-12-10-8-6-4-2/h5,7,11,13,17-18,22,24,30,32,37-38,42H,3-4,6,8-10,12,14-16,19-21,23,25-29,31,33-36,40H2,1-2H3,(H,41,43)(H,44,45)/b7-5-,13-11-,18-17-,24-22+,32-30+. The molecule has 48 heavy (non-hydrogen) atoms. The number of nitrogens with two attached hydrogens (primary N) is 1. The van der Waals surface area contributed by atoms with E-state index in [1.807, 2.05) is 6.08 Å². The number of phosphoric ester groups is 1. The second kappa shape index (κ2) is 35.0. The van der Waals surface area contributed by atoms with Gasteiger partial charge in [0.25, 0.3) is 0 Å². The van der Waals surface area contributed by atoms with Crippen molar-refractivity contribution < 1.29 is 28.4 Å². The average Bonchev–Trinajstić information content (AvgIpc) is 3.07. The fourth-order valence-electron chi connectivity index (χ4n) is 4.98. The first-order chi connectivity index (χ1) is 23.4. The van der Waals surface area contributed by atoms with E-state index in [9.17, 15) is 19.4 Å². The number of rotatable bonds is 34. The molecule has 0 saturated carbocycles. The van der Waals surface area contributed by atoms with E-state index in [-0.39, 0.29) is 25.7 Å². The van der Waals surface area contributed by atoms with Gasteiger partial charge in [0.05, 0.1) is 25.4 Å². The smallest absolute Gasteiger partial charge is 0.387 e. The highest BCUT2D eigenvalue weighted by Crippen LogP contribution is 2.43.